The molecule has 0 bridgehead atoms. The Balaban J connectivity index is 0.00000324. The molecule has 1 aliphatic rings. The molecule has 2 N–H and O–H groups in total. The van der Waals surface area contributed by atoms with Gasteiger partial charge in [0.25, 0.3) is 0 Å². The third kappa shape index (κ3) is 8.31. The first-order chi connectivity index (χ1) is 8.38. The van der Waals surface area contributed by atoms with Crippen molar-refractivity contribution >= 4 is 18.3 Å². The number of rotatable bonds is 5. The van der Waals surface area contributed by atoms with Crippen LogP contribution < -0.4 is 10.6 Å². The molecule has 2 atom stereocenters. The molecule has 1 fully saturated rings. The van der Waals surface area contributed by atoms with Crippen molar-refractivity contribution in [2.75, 3.05) is 19.6 Å². The van der Waals surface area contributed by atoms with Gasteiger partial charge in [0.15, 0.2) is 0 Å². The predicted octanol–water partition coefficient (Wildman–Crippen LogP) is 2.50. The Hall–Kier alpha value is -0.490. The van der Waals surface area contributed by atoms with Crippen molar-refractivity contribution in [3.8, 4) is 0 Å². The Kier molecular flexibility index (Phi) is 8.41. The molecule has 0 saturated carbocycles. The minimum atomic E-state index is -4.20. The van der Waals surface area contributed by atoms with Crippen molar-refractivity contribution in [1.82, 2.24) is 10.6 Å². The highest BCUT2D eigenvalue weighted by molar-refractivity contribution is 5.85. The van der Waals surface area contributed by atoms with Gasteiger partial charge in [-0.25, -0.2) is 0 Å². The van der Waals surface area contributed by atoms with E-state index in [0.29, 0.717) is 12.3 Å². The van der Waals surface area contributed by atoms with Crippen LogP contribution in [0.2, 0.25) is 0 Å². The zero-order chi connectivity index (χ0) is 13.6. The van der Waals surface area contributed by atoms with Crippen molar-refractivity contribution in [2.24, 2.45) is 11.8 Å². The minimum absolute atomic E-state index is 0. The van der Waals surface area contributed by atoms with Gasteiger partial charge in [-0.2, -0.15) is 13.2 Å². The topological polar surface area (TPSA) is 41.1 Å². The molecule has 1 saturated heterocycles. The lowest BCUT2D eigenvalue weighted by molar-refractivity contribution is -0.135. The first-order valence-corrected chi connectivity index (χ1v) is 6.42. The summed E-state index contributed by atoms with van der Waals surface area (Å²) in [6.07, 6.45) is -2.66. The molecule has 0 spiro atoms. The maximum atomic E-state index is 11.9. The number of amides is 1. The summed E-state index contributed by atoms with van der Waals surface area (Å²) in [7, 11) is 0. The van der Waals surface area contributed by atoms with E-state index in [1.165, 1.54) is 0 Å². The molecule has 19 heavy (non-hydrogen) atoms. The zero-order valence-electron chi connectivity index (χ0n) is 11.1. The number of carbonyl (C=O) groups excluding carboxylic acids is 1. The lowest BCUT2D eigenvalue weighted by Gasteiger charge is -2.28. The summed E-state index contributed by atoms with van der Waals surface area (Å²) in [5, 5.41) is 5.60. The number of nitrogens with one attached hydrogen (secondary N) is 2. The number of hydrogen-bond donors (Lipinski definition) is 2. The standard InChI is InChI=1S/C12H21F3N2O.ClH/c1-9(10-3-2-5-16-8-10)7-11(18)17-6-4-12(13,14)15;/h9-10,16H,2-8H2,1H3,(H,17,18);1H. The fourth-order valence-electron chi connectivity index (χ4n) is 2.24. The minimum Gasteiger partial charge on any atom is -0.356 e. The monoisotopic (exact) mass is 302 g/mol. The Labute approximate surface area is 118 Å². The van der Waals surface area contributed by atoms with Gasteiger partial charge < -0.3 is 10.6 Å². The second-order valence-electron chi connectivity index (χ2n) is 5.00. The second-order valence-corrected chi connectivity index (χ2v) is 5.00. The third-order valence-electron chi connectivity index (χ3n) is 3.38. The van der Waals surface area contributed by atoms with Crippen LogP contribution in [0.15, 0.2) is 0 Å². The molecule has 0 aliphatic carbocycles. The zero-order valence-corrected chi connectivity index (χ0v) is 11.9. The van der Waals surface area contributed by atoms with E-state index in [4.69, 9.17) is 0 Å². The van der Waals surface area contributed by atoms with Gasteiger partial charge in [0.1, 0.15) is 0 Å². The van der Waals surface area contributed by atoms with Crippen LogP contribution in [0.4, 0.5) is 13.2 Å². The molecule has 1 heterocycles. The SMILES string of the molecule is CC(CC(=O)NCCC(F)(F)F)C1CCCNC1.Cl. The van der Waals surface area contributed by atoms with Crippen LogP contribution in [0.25, 0.3) is 0 Å². The van der Waals surface area contributed by atoms with Crippen LogP contribution in [-0.2, 0) is 4.79 Å². The fraction of sp³-hybridized carbons (Fsp3) is 0.917. The van der Waals surface area contributed by atoms with Crippen molar-refractivity contribution in [1.29, 1.82) is 0 Å². The van der Waals surface area contributed by atoms with Crippen LogP contribution in [0.3, 0.4) is 0 Å². The molecular formula is C12H22ClF3N2O. The van der Waals surface area contributed by atoms with Crippen LogP contribution in [0.5, 0.6) is 0 Å². The summed E-state index contributed by atoms with van der Waals surface area (Å²) in [6.45, 7) is 3.58. The summed E-state index contributed by atoms with van der Waals surface area (Å²) < 4.78 is 35.7. The Bertz CT molecular complexity index is 268. The summed E-state index contributed by atoms with van der Waals surface area (Å²) in [4.78, 5) is 11.5. The molecule has 0 aromatic rings. The van der Waals surface area contributed by atoms with Crippen molar-refractivity contribution in [3.05, 3.63) is 0 Å². The first-order valence-electron chi connectivity index (χ1n) is 6.42. The number of hydrogen-bond acceptors (Lipinski definition) is 2. The molecule has 0 radical (unpaired) electrons. The van der Waals surface area contributed by atoms with Crippen LogP contribution in [0, 0.1) is 11.8 Å². The van der Waals surface area contributed by atoms with Gasteiger partial charge in [0.2, 0.25) is 5.91 Å². The van der Waals surface area contributed by atoms with Crippen LogP contribution >= 0.6 is 12.4 Å². The van der Waals surface area contributed by atoms with Crippen molar-refractivity contribution in [2.45, 2.75) is 38.8 Å². The average molecular weight is 303 g/mol. The summed E-state index contributed by atoms with van der Waals surface area (Å²) in [6, 6.07) is 0. The van der Waals surface area contributed by atoms with E-state index in [2.05, 4.69) is 10.6 Å². The van der Waals surface area contributed by atoms with Gasteiger partial charge >= 0.3 is 6.18 Å². The number of piperidine rings is 1. The summed E-state index contributed by atoms with van der Waals surface area (Å²) in [5.74, 6) is 0.383. The fourth-order valence-corrected chi connectivity index (χ4v) is 2.24. The van der Waals surface area contributed by atoms with Crippen molar-refractivity contribution in [3.63, 3.8) is 0 Å². The van der Waals surface area contributed by atoms with Gasteiger partial charge in [-0.05, 0) is 37.8 Å². The number of carbonyl (C=O) groups is 1. The lowest BCUT2D eigenvalue weighted by atomic mass is 9.85. The van der Waals surface area contributed by atoms with E-state index < -0.39 is 12.6 Å². The van der Waals surface area contributed by atoms with Gasteiger partial charge in [-0.15, -0.1) is 12.4 Å². The Morgan fingerprint density at radius 3 is 2.68 bits per heavy atom. The molecule has 114 valence electrons. The molecule has 1 rings (SSSR count). The third-order valence-corrected chi connectivity index (χ3v) is 3.38. The van der Waals surface area contributed by atoms with Crippen LogP contribution in [0.1, 0.15) is 32.6 Å². The van der Waals surface area contributed by atoms with E-state index in [1.807, 2.05) is 6.92 Å². The molecule has 3 nitrogen and oxygen atoms in total. The van der Waals surface area contributed by atoms with E-state index >= 15 is 0 Å². The molecule has 2 unspecified atom stereocenters. The number of alkyl halides is 3. The molecule has 7 heteroatoms. The molecule has 0 aromatic heterocycles. The van der Waals surface area contributed by atoms with Crippen molar-refractivity contribution < 1.29 is 18.0 Å². The highest BCUT2D eigenvalue weighted by atomic mass is 35.5. The number of halogens is 4. The maximum absolute atomic E-state index is 11.9. The van der Waals surface area contributed by atoms with Crippen LogP contribution in [-0.4, -0.2) is 31.7 Å². The normalized spacial score (nSPS) is 21.4. The summed E-state index contributed by atoms with van der Waals surface area (Å²) >= 11 is 0. The molecule has 0 aromatic carbocycles. The van der Waals surface area contributed by atoms with E-state index in [-0.39, 0.29) is 30.8 Å². The average Bonchev–Trinajstić information content (AvgIpc) is 2.28. The molecule has 1 aliphatic heterocycles. The van der Waals surface area contributed by atoms with E-state index in [0.717, 1.165) is 25.9 Å². The lowest BCUT2D eigenvalue weighted by Crippen LogP contribution is -2.36. The summed E-state index contributed by atoms with van der Waals surface area (Å²) in [5.41, 5.74) is 0. The first kappa shape index (κ1) is 18.5. The maximum Gasteiger partial charge on any atom is 0.390 e. The van der Waals surface area contributed by atoms with E-state index in [1.54, 1.807) is 0 Å². The quantitative estimate of drug-likeness (QED) is 0.819. The highest BCUT2D eigenvalue weighted by Gasteiger charge is 2.27. The van der Waals surface area contributed by atoms with Gasteiger partial charge in [0, 0.05) is 13.0 Å². The Morgan fingerprint density at radius 1 is 1.47 bits per heavy atom. The van der Waals surface area contributed by atoms with Gasteiger partial charge in [-0.1, -0.05) is 6.92 Å². The van der Waals surface area contributed by atoms with Gasteiger partial charge in [-0.3, -0.25) is 4.79 Å². The molecule has 1 amide bonds. The predicted molar refractivity (Wildman–Crippen MR) is 70.3 cm³/mol. The smallest absolute Gasteiger partial charge is 0.356 e. The van der Waals surface area contributed by atoms with E-state index in [9.17, 15) is 18.0 Å². The van der Waals surface area contributed by atoms with Gasteiger partial charge in [0.05, 0.1) is 6.42 Å². The largest absolute Gasteiger partial charge is 0.390 e. The molecular weight excluding hydrogens is 281 g/mol. The second kappa shape index (κ2) is 8.64. The Morgan fingerprint density at radius 2 is 2.16 bits per heavy atom. The highest BCUT2D eigenvalue weighted by Crippen LogP contribution is 2.22.